The number of methoxy groups -OCH3 is 1. The number of hydrogen-bond donors (Lipinski definition) is 1. The highest BCUT2D eigenvalue weighted by molar-refractivity contribution is 5.45. The summed E-state index contributed by atoms with van der Waals surface area (Å²) in [5.41, 5.74) is 4.18. The van der Waals surface area contributed by atoms with Crippen molar-refractivity contribution < 1.29 is 4.74 Å². The summed E-state index contributed by atoms with van der Waals surface area (Å²) >= 11 is 0. The Bertz CT molecular complexity index is 320. The van der Waals surface area contributed by atoms with Crippen molar-refractivity contribution in [2.45, 2.75) is 19.9 Å². The van der Waals surface area contributed by atoms with E-state index in [9.17, 15) is 0 Å². The van der Waals surface area contributed by atoms with Crippen LogP contribution in [0, 0.1) is 6.92 Å². The first-order chi connectivity index (χ1) is 6.33. The molecule has 1 aliphatic rings. The number of rotatable bonds is 1. The summed E-state index contributed by atoms with van der Waals surface area (Å²) in [6.07, 6.45) is 1.14. The first-order valence-corrected chi connectivity index (χ1v) is 4.69. The second-order valence-corrected chi connectivity index (χ2v) is 3.46. The monoisotopic (exact) mass is 177 g/mol. The van der Waals surface area contributed by atoms with Crippen molar-refractivity contribution in [3.8, 4) is 5.75 Å². The minimum absolute atomic E-state index is 0.984. The summed E-state index contributed by atoms with van der Waals surface area (Å²) < 4.78 is 5.28. The fourth-order valence-electron chi connectivity index (χ4n) is 1.93. The molecule has 0 amide bonds. The van der Waals surface area contributed by atoms with Crippen LogP contribution in [-0.2, 0) is 13.0 Å². The molecule has 70 valence electrons. The molecule has 1 N–H and O–H groups in total. The Morgan fingerprint density at radius 3 is 3.00 bits per heavy atom. The second-order valence-electron chi connectivity index (χ2n) is 3.46. The average molecular weight is 177 g/mol. The van der Waals surface area contributed by atoms with Gasteiger partial charge in [0.05, 0.1) is 7.11 Å². The molecule has 1 aromatic carbocycles. The fraction of sp³-hybridized carbons (Fsp3) is 0.455. The van der Waals surface area contributed by atoms with Crippen molar-refractivity contribution in [1.29, 1.82) is 0 Å². The molecule has 0 atom stereocenters. The molecule has 13 heavy (non-hydrogen) atoms. The van der Waals surface area contributed by atoms with Crippen LogP contribution in [-0.4, -0.2) is 13.7 Å². The van der Waals surface area contributed by atoms with Crippen LogP contribution in [0.25, 0.3) is 0 Å². The topological polar surface area (TPSA) is 21.3 Å². The smallest absolute Gasteiger partial charge is 0.122 e. The standard InChI is InChI=1S/C11H15NO/c1-8-10-7-12-6-5-9(10)3-4-11(8)13-2/h3-4,12H,5-7H2,1-2H3. The predicted octanol–water partition coefficient (Wildman–Crippen LogP) is 1.65. The lowest BCUT2D eigenvalue weighted by Gasteiger charge is -2.20. The Morgan fingerprint density at radius 1 is 1.38 bits per heavy atom. The number of ether oxygens (including phenoxy) is 1. The van der Waals surface area contributed by atoms with Gasteiger partial charge in [0.25, 0.3) is 0 Å². The molecule has 0 unspecified atom stereocenters. The van der Waals surface area contributed by atoms with Crippen LogP contribution >= 0.6 is 0 Å². The number of fused-ring (bicyclic) bond motifs is 1. The van der Waals surface area contributed by atoms with Gasteiger partial charge in [-0.2, -0.15) is 0 Å². The molecule has 0 bridgehead atoms. The zero-order chi connectivity index (χ0) is 9.26. The van der Waals surface area contributed by atoms with E-state index in [0.29, 0.717) is 0 Å². The lowest BCUT2D eigenvalue weighted by molar-refractivity contribution is 0.410. The Hall–Kier alpha value is -1.02. The van der Waals surface area contributed by atoms with E-state index in [0.717, 1.165) is 25.3 Å². The highest BCUT2D eigenvalue weighted by Crippen LogP contribution is 2.26. The van der Waals surface area contributed by atoms with E-state index in [2.05, 4.69) is 24.4 Å². The van der Waals surface area contributed by atoms with Crippen molar-refractivity contribution in [3.63, 3.8) is 0 Å². The summed E-state index contributed by atoms with van der Waals surface area (Å²) in [5, 5.41) is 3.38. The normalized spacial score (nSPS) is 15.2. The maximum atomic E-state index is 5.28. The Kier molecular flexibility index (Phi) is 2.23. The van der Waals surface area contributed by atoms with Crippen molar-refractivity contribution in [2.75, 3.05) is 13.7 Å². The SMILES string of the molecule is COc1ccc2c(c1C)CNCC2. The fourth-order valence-corrected chi connectivity index (χ4v) is 1.93. The van der Waals surface area contributed by atoms with Gasteiger partial charge in [-0.05, 0) is 42.6 Å². The molecule has 0 fully saturated rings. The highest BCUT2D eigenvalue weighted by Gasteiger charge is 2.13. The van der Waals surface area contributed by atoms with Gasteiger partial charge in [0.2, 0.25) is 0 Å². The van der Waals surface area contributed by atoms with Crippen molar-refractivity contribution in [1.82, 2.24) is 5.32 Å². The van der Waals surface area contributed by atoms with E-state index in [1.165, 1.54) is 16.7 Å². The van der Waals surface area contributed by atoms with E-state index in [4.69, 9.17) is 4.74 Å². The molecule has 0 aliphatic carbocycles. The Balaban J connectivity index is 2.48. The van der Waals surface area contributed by atoms with Gasteiger partial charge in [-0.3, -0.25) is 0 Å². The third-order valence-electron chi connectivity index (χ3n) is 2.74. The van der Waals surface area contributed by atoms with Gasteiger partial charge in [0.1, 0.15) is 5.75 Å². The number of benzene rings is 1. The summed E-state index contributed by atoms with van der Waals surface area (Å²) in [6.45, 7) is 4.21. The van der Waals surface area contributed by atoms with Crippen LogP contribution in [0.15, 0.2) is 12.1 Å². The first-order valence-electron chi connectivity index (χ1n) is 4.69. The van der Waals surface area contributed by atoms with Crippen molar-refractivity contribution in [3.05, 3.63) is 28.8 Å². The lowest BCUT2D eigenvalue weighted by atomic mass is 9.96. The van der Waals surface area contributed by atoms with E-state index in [1.54, 1.807) is 7.11 Å². The zero-order valence-electron chi connectivity index (χ0n) is 8.18. The number of nitrogens with one attached hydrogen (secondary N) is 1. The minimum Gasteiger partial charge on any atom is -0.496 e. The molecule has 2 nitrogen and oxygen atoms in total. The summed E-state index contributed by atoms with van der Waals surface area (Å²) in [7, 11) is 1.73. The van der Waals surface area contributed by atoms with Gasteiger partial charge in [0.15, 0.2) is 0 Å². The molecule has 0 radical (unpaired) electrons. The van der Waals surface area contributed by atoms with Crippen LogP contribution in [0.4, 0.5) is 0 Å². The summed E-state index contributed by atoms with van der Waals surface area (Å²) in [4.78, 5) is 0. The van der Waals surface area contributed by atoms with Gasteiger partial charge in [-0.15, -0.1) is 0 Å². The third kappa shape index (κ3) is 1.42. The molecule has 0 aromatic heterocycles. The zero-order valence-corrected chi connectivity index (χ0v) is 8.18. The quantitative estimate of drug-likeness (QED) is 0.704. The van der Waals surface area contributed by atoms with Gasteiger partial charge in [0, 0.05) is 6.54 Å². The minimum atomic E-state index is 0.984. The molecule has 0 saturated carbocycles. The molecule has 1 heterocycles. The van der Waals surface area contributed by atoms with Gasteiger partial charge in [-0.1, -0.05) is 6.07 Å². The molecule has 1 aliphatic heterocycles. The average Bonchev–Trinajstić information content (AvgIpc) is 2.19. The van der Waals surface area contributed by atoms with Crippen LogP contribution in [0.3, 0.4) is 0 Å². The Labute approximate surface area is 78.9 Å². The molecular weight excluding hydrogens is 162 g/mol. The highest BCUT2D eigenvalue weighted by atomic mass is 16.5. The lowest BCUT2D eigenvalue weighted by Crippen LogP contribution is -2.24. The van der Waals surface area contributed by atoms with Gasteiger partial charge < -0.3 is 10.1 Å². The first kappa shape index (κ1) is 8.57. The molecule has 2 heteroatoms. The number of hydrogen-bond acceptors (Lipinski definition) is 2. The molecule has 0 spiro atoms. The maximum Gasteiger partial charge on any atom is 0.122 e. The van der Waals surface area contributed by atoms with E-state index in [1.807, 2.05) is 0 Å². The van der Waals surface area contributed by atoms with Crippen molar-refractivity contribution in [2.24, 2.45) is 0 Å². The van der Waals surface area contributed by atoms with Crippen molar-refractivity contribution >= 4 is 0 Å². The van der Waals surface area contributed by atoms with E-state index >= 15 is 0 Å². The summed E-state index contributed by atoms with van der Waals surface area (Å²) in [6, 6.07) is 4.25. The molecule has 2 rings (SSSR count). The largest absolute Gasteiger partial charge is 0.496 e. The Morgan fingerprint density at radius 2 is 2.23 bits per heavy atom. The predicted molar refractivity (Wildman–Crippen MR) is 53.1 cm³/mol. The molecule has 0 saturated heterocycles. The van der Waals surface area contributed by atoms with Crippen LogP contribution in [0.5, 0.6) is 5.75 Å². The van der Waals surface area contributed by atoms with Crippen LogP contribution in [0.1, 0.15) is 16.7 Å². The summed E-state index contributed by atoms with van der Waals surface area (Å²) in [5.74, 6) is 1.00. The van der Waals surface area contributed by atoms with Crippen LogP contribution in [0.2, 0.25) is 0 Å². The van der Waals surface area contributed by atoms with E-state index in [-0.39, 0.29) is 0 Å². The van der Waals surface area contributed by atoms with E-state index < -0.39 is 0 Å². The second kappa shape index (κ2) is 3.38. The molecule has 1 aromatic rings. The maximum absolute atomic E-state index is 5.28. The van der Waals surface area contributed by atoms with Gasteiger partial charge >= 0.3 is 0 Å². The molecular formula is C11H15NO. The third-order valence-corrected chi connectivity index (χ3v) is 2.74. The van der Waals surface area contributed by atoms with Crippen LogP contribution < -0.4 is 10.1 Å². The van der Waals surface area contributed by atoms with Gasteiger partial charge in [-0.25, -0.2) is 0 Å².